The molecular formula is C9H15N3O. The summed E-state index contributed by atoms with van der Waals surface area (Å²) in [4.78, 5) is 0. The SMILES string of the molecule is C=CCC(N)c1c(OC)cnn1C. The van der Waals surface area contributed by atoms with Gasteiger partial charge in [-0.2, -0.15) is 5.10 Å². The molecule has 0 aromatic carbocycles. The van der Waals surface area contributed by atoms with Crippen molar-refractivity contribution >= 4 is 0 Å². The van der Waals surface area contributed by atoms with Gasteiger partial charge in [-0.3, -0.25) is 4.68 Å². The van der Waals surface area contributed by atoms with Gasteiger partial charge in [0, 0.05) is 7.05 Å². The van der Waals surface area contributed by atoms with E-state index in [0.29, 0.717) is 0 Å². The lowest BCUT2D eigenvalue weighted by Crippen LogP contribution is -2.14. The van der Waals surface area contributed by atoms with Crippen LogP contribution < -0.4 is 10.5 Å². The van der Waals surface area contributed by atoms with Crippen molar-refractivity contribution in [1.82, 2.24) is 9.78 Å². The third-order valence-electron chi connectivity index (χ3n) is 1.94. The molecule has 0 saturated carbocycles. The summed E-state index contributed by atoms with van der Waals surface area (Å²) >= 11 is 0. The zero-order valence-electron chi connectivity index (χ0n) is 8.03. The molecule has 2 N–H and O–H groups in total. The van der Waals surface area contributed by atoms with Crippen LogP contribution in [0.5, 0.6) is 5.75 Å². The van der Waals surface area contributed by atoms with Crippen LogP contribution in [-0.4, -0.2) is 16.9 Å². The molecule has 1 aromatic rings. The summed E-state index contributed by atoms with van der Waals surface area (Å²) in [6, 6.07) is -0.0973. The summed E-state index contributed by atoms with van der Waals surface area (Å²) in [6.07, 6.45) is 4.17. The van der Waals surface area contributed by atoms with E-state index in [-0.39, 0.29) is 6.04 Å². The third kappa shape index (κ3) is 1.89. The first-order chi connectivity index (χ1) is 6.20. The lowest BCUT2D eigenvalue weighted by Gasteiger charge is -2.11. The first kappa shape index (κ1) is 9.80. The monoisotopic (exact) mass is 181 g/mol. The summed E-state index contributed by atoms with van der Waals surface area (Å²) in [6.45, 7) is 3.65. The normalized spacial score (nSPS) is 12.5. The number of methoxy groups -OCH3 is 1. The molecule has 72 valence electrons. The Morgan fingerprint density at radius 2 is 2.54 bits per heavy atom. The van der Waals surface area contributed by atoms with Crippen molar-refractivity contribution in [2.75, 3.05) is 7.11 Å². The number of hydrogen-bond acceptors (Lipinski definition) is 3. The Kier molecular flexibility index (Phi) is 3.08. The van der Waals surface area contributed by atoms with Crippen molar-refractivity contribution in [3.63, 3.8) is 0 Å². The predicted molar refractivity (Wildman–Crippen MR) is 51.5 cm³/mol. The second kappa shape index (κ2) is 4.09. The van der Waals surface area contributed by atoms with Crippen LogP contribution in [0.4, 0.5) is 0 Å². The molecule has 0 bridgehead atoms. The molecule has 0 fully saturated rings. The molecule has 0 radical (unpaired) electrons. The van der Waals surface area contributed by atoms with Crippen LogP contribution in [0.3, 0.4) is 0 Å². The van der Waals surface area contributed by atoms with Gasteiger partial charge >= 0.3 is 0 Å². The van der Waals surface area contributed by atoms with Gasteiger partial charge in [-0.25, -0.2) is 0 Å². The van der Waals surface area contributed by atoms with Gasteiger partial charge in [-0.05, 0) is 6.42 Å². The van der Waals surface area contributed by atoms with E-state index >= 15 is 0 Å². The first-order valence-electron chi connectivity index (χ1n) is 4.13. The van der Waals surface area contributed by atoms with E-state index in [9.17, 15) is 0 Å². The molecule has 0 aliphatic carbocycles. The van der Waals surface area contributed by atoms with E-state index in [1.807, 2.05) is 7.05 Å². The number of ether oxygens (including phenoxy) is 1. The number of nitrogens with two attached hydrogens (primary N) is 1. The van der Waals surface area contributed by atoms with Crippen molar-refractivity contribution < 1.29 is 4.74 Å². The first-order valence-corrected chi connectivity index (χ1v) is 4.13. The van der Waals surface area contributed by atoms with Gasteiger partial charge in [0.1, 0.15) is 0 Å². The zero-order chi connectivity index (χ0) is 9.84. The Morgan fingerprint density at radius 3 is 3.08 bits per heavy atom. The summed E-state index contributed by atoms with van der Waals surface area (Å²) in [5.41, 5.74) is 6.82. The molecule has 1 atom stereocenters. The Hall–Kier alpha value is -1.29. The highest BCUT2D eigenvalue weighted by Gasteiger charge is 2.15. The van der Waals surface area contributed by atoms with Crippen molar-refractivity contribution in [3.05, 3.63) is 24.5 Å². The summed E-state index contributed by atoms with van der Waals surface area (Å²) in [5.74, 6) is 0.733. The van der Waals surface area contributed by atoms with Crippen LogP contribution in [0.25, 0.3) is 0 Å². The standard InChI is InChI=1S/C9H15N3O/c1-4-5-7(10)9-8(13-3)6-11-12(9)2/h4,6-7H,1,5,10H2,2-3H3. The number of nitrogens with zero attached hydrogens (tertiary/aromatic N) is 2. The minimum Gasteiger partial charge on any atom is -0.493 e. The van der Waals surface area contributed by atoms with Gasteiger partial charge in [0.2, 0.25) is 0 Å². The Bertz CT molecular complexity index is 293. The van der Waals surface area contributed by atoms with Crippen LogP contribution in [0, 0.1) is 0 Å². The number of hydrogen-bond donors (Lipinski definition) is 1. The summed E-state index contributed by atoms with van der Waals surface area (Å²) < 4.78 is 6.87. The van der Waals surface area contributed by atoms with Crippen molar-refractivity contribution in [1.29, 1.82) is 0 Å². The minimum atomic E-state index is -0.0973. The van der Waals surface area contributed by atoms with E-state index < -0.39 is 0 Å². The maximum atomic E-state index is 5.92. The van der Waals surface area contributed by atoms with Crippen LogP contribution in [-0.2, 0) is 7.05 Å². The van der Waals surface area contributed by atoms with Gasteiger partial charge in [0.25, 0.3) is 0 Å². The van der Waals surface area contributed by atoms with Crippen molar-refractivity contribution in [2.45, 2.75) is 12.5 Å². The topological polar surface area (TPSA) is 53.1 Å². The molecule has 1 rings (SSSR count). The fourth-order valence-electron chi connectivity index (χ4n) is 1.30. The quantitative estimate of drug-likeness (QED) is 0.705. The number of rotatable bonds is 4. The number of aryl methyl sites for hydroxylation is 1. The molecule has 1 aromatic heterocycles. The van der Waals surface area contributed by atoms with E-state index in [2.05, 4.69) is 11.7 Å². The van der Waals surface area contributed by atoms with E-state index in [1.165, 1.54) is 0 Å². The predicted octanol–water partition coefficient (Wildman–Crippen LogP) is 1.00. The second-order valence-electron chi connectivity index (χ2n) is 2.85. The van der Waals surface area contributed by atoms with Crippen molar-refractivity contribution in [2.24, 2.45) is 12.8 Å². The molecule has 4 heteroatoms. The average Bonchev–Trinajstić information content (AvgIpc) is 2.47. The van der Waals surface area contributed by atoms with Gasteiger partial charge in [0.05, 0.1) is 25.0 Å². The zero-order valence-corrected chi connectivity index (χ0v) is 8.03. The van der Waals surface area contributed by atoms with E-state index in [0.717, 1.165) is 17.9 Å². The van der Waals surface area contributed by atoms with Crippen molar-refractivity contribution in [3.8, 4) is 5.75 Å². The lowest BCUT2D eigenvalue weighted by molar-refractivity contribution is 0.403. The molecule has 0 saturated heterocycles. The van der Waals surface area contributed by atoms with Gasteiger partial charge < -0.3 is 10.5 Å². The molecule has 4 nitrogen and oxygen atoms in total. The summed E-state index contributed by atoms with van der Waals surface area (Å²) in [7, 11) is 3.46. The molecule has 0 amide bonds. The molecule has 0 aliphatic heterocycles. The maximum absolute atomic E-state index is 5.92. The lowest BCUT2D eigenvalue weighted by atomic mass is 10.1. The third-order valence-corrected chi connectivity index (χ3v) is 1.94. The van der Waals surface area contributed by atoms with Crippen LogP contribution in [0.15, 0.2) is 18.9 Å². The highest BCUT2D eigenvalue weighted by atomic mass is 16.5. The fraction of sp³-hybridized carbons (Fsp3) is 0.444. The fourth-order valence-corrected chi connectivity index (χ4v) is 1.30. The maximum Gasteiger partial charge on any atom is 0.161 e. The minimum absolute atomic E-state index is 0.0973. The molecular weight excluding hydrogens is 166 g/mol. The molecule has 1 unspecified atom stereocenters. The highest BCUT2D eigenvalue weighted by Crippen LogP contribution is 2.24. The Morgan fingerprint density at radius 1 is 1.85 bits per heavy atom. The number of aromatic nitrogens is 2. The van der Waals surface area contributed by atoms with E-state index in [1.54, 1.807) is 24.1 Å². The second-order valence-corrected chi connectivity index (χ2v) is 2.85. The van der Waals surface area contributed by atoms with Crippen LogP contribution in [0.2, 0.25) is 0 Å². The van der Waals surface area contributed by atoms with Crippen LogP contribution >= 0.6 is 0 Å². The summed E-state index contributed by atoms with van der Waals surface area (Å²) in [5, 5.41) is 4.07. The average molecular weight is 181 g/mol. The molecule has 1 heterocycles. The van der Waals surface area contributed by atoms with Crippen LogP contribution in [0.1, 0.15) is 18.2 Å². The van der Waals surface area contributed by atoms with Gasteiger partial charge in [0.15, 0.2) is 5.75 Å². The smallest absolute Gasteiger partial charge is 0.161 e. The molecule has 0 spiro atoms. The molecule has 0 aliphatic rings. The Balaban J connectivity index is 2.95. The van der Waals surface area contributed by atoms with Gasteiger partial charge in [-0.15, -0.1) is 6.58 Å². The molecule has 13 heavy (non-hydrogen) atoms. The van der Waals surface area contributed by atoms with E-state index in [4.69, 9.17) is 10.5 Å². The highest BCUT2D eigenvalue weighted by molar-refractivity contribution is 5.28. The largest absolute Gasteiger partial charge is 0.493 e. The Labute approximate surface area is 78.0 Å². The van der Waals surface area contributed by atoms with Gasteiger partial charge in [-0.1, -0.05) is 6.08 Å².